The molecule has 0 saturated heterocycles. The van der Waals surface area contributed by atoms with Crippen LogP contribution in [0.2, 0.25) is 0 Å². The molecule has 0 radical (unpaired) electrons. The van der Waals surface area contributed by atoms with E-state index in [-0.39, 0.29) is 9.90 Å². The van der Waals surface area contributed by atoms with Crippen LogP contribution in [0.15, 0.2) is 0 Å². The molecule has 3 unspecified atom stereocenters. The average molecular weight is 188 g/mol. The van der Waals surface area contributed by atoms with Gasteiger partial charge in [0.1, 0.15) is 6.10 Å². The zero-order valence-electron chi connectivity index (χ0n) is 5.17. The Hall–Kier alpha value is 0.210. The lowest BCUT2D eigenvalue weighted by atomic mass is 10.4. The van der Waals surface area contributed by atoms with Crippen molar-refractivity contribution in [3.05, 3.63) is 0 Å². The van der Waals surface area contributed by atoms with Crippen LogP contribution in [0, 0.1) is 0 Å². The summed E-state index contributed by atoms with van der Waals surface area (Å²) in [6.07, 6.45) is -1.59. The summed E-state index contributed by atoms with van der Waals surface area (Å²) in [4.78, 5) is 0. The summed E-state index contributed by atoms with van der Waals surface area (Å²) in [5, 5.41) is 24.9. The van der Waals surface area contributed by atoms with Gasteiger partial charge < -0.3 is 15.3 Å². The molecule has 0 rings (SSSR count). The van der Waals surface area contributed by atoms with E-state index in [1.807, 2.05) is 0 Å². The fourth-order valence-corrected chi connectivity index (χ4v) is 0.610. The van der Waals surface area contributed by atoms with E-state index < -0.39 is 26.2 Å². The third-order valence-electron chi connectivity index (χ3n) is 0.747. The summed E-state index contributed by atoms with van der Waals surface area (Å²) >= 11 is 0. The molecule has 10 heavy (non-hydrogen) atoms. The van der Waals surface area contributed by atoms with Crippen molar-refractivity contribution < 1.29 is 24.4 Å². The van der Waals surface area contributed by atoms with Gasteiger partial charge in [-0.3, -0.25) is 0 Å². The molecule has 0 amide bonds. The predicted molar refractivity (Wildman–Crippen MR) is 38.5 cm³/mol. The molecule has 3 N–H and O–H groups in total. The summed E-state index contributed by atoms with van der Waals surface area (Å²) in [7, 11) is -3.06. The molecule has 62 valence electrons. The van der Waals surface area contributed by atoms with Gasteiger partial charge >= 0.3 is 7.68 Å². The molecule has 0 fully saturated rings. The fraction of sp³-hybridized carbons (Fsp3) is 1.00. The van der Waals surface area contributed by atoms with Gasteiger partial charge in [-0.2, -0.15) is 9.90 Å². The lowest BCUT2D eigenvalue weighted by Gasteiger charge is -2.05. The summed E-state index contributed by atoms with van der Waals surface area (Å²) in [6, 6.07) is 0. The number of hydrogen-bond acceptors (Lipinski definition) is 5. The van der Waals surface area contributed by atoms with E-state index >= 15 is 0 Å². The lowest BCUT2D eigenvalue weighted by Crippen LogP contribution is -2.24. The maximum absolute atomic E-state index is 9.82. The van der Waals surface area contributed by atoms with Crippen molar-refractivity contribution in [2.75, 3.05) is 6.61 Å². The first kappa shape index (κ1) is 12.8. The normalized spacial score (nSPS) is 15.1. The highest BCUT2D eigenvalue weighted by atomic mass is 31.1. The van der Waals surface area contributed by atoms with Crippen LogP contribution in [0.25, 0.3) is 0 Å². The molecule has 0 spiro atoms. The molecule has 0 aromatic rings. The van der Waals surface area contributed by atoms with Crippen molar-refractivity contribution in [1.82, 2.24) is 0 Å². The van der Waals surface area contributed by atoms with Crippen LogP contribution in [0.1, 0.15) is 0 Å². The summed E-state index contributed by atoms with van der Waals surface area (Å²) in [5.41, 5.74) is 0. The zero-order valence-corrected chi connectivity index (χ0v) is 7.48. The Balaban J connectivity index is 0. The van der Waals surface area contributed by atoms with E-state index in [0.717, 1.165) is 0 Å². The first-order valence-corrected chi connectivity index (χ1v) is 3.44. The Morgan fingerprint density at radius 2 is 1.70 bits per heavy atom. The van der Waals surface area contributed by atoms with Crippen molar-refractivity contribution in [3.8, 4) is 0 Å². The van der Waals surface area contributed by atoms with Crippen molar-refractivity contribution in [2.45, 2.75) is 11.9 Å². The van der Waals surface area contributed by atoms with Gasteiger partial charge in [-0.15, -0.1) is 0 Å². The summed E-state index contributed by atoms with van der Waals surface area (Å²) < 4.78 is 19.6. The van der Waals surface area contributed by atoms with Crippen LogP contribution in [0.4, 0.5) is 0 Å². The summed E-state index contributed by atoms with van der Waals surface area (Å²) in [5.74, 6) is -1.86. The minimum Gasteiger partial charge on any atom is -0.394 e. The average Bonchev–Trinajstić information content (AvgIpc) is 1.84. The smallest absolute Gasteiger partial charge is 0.347 e. The van der Waals surface area contributed by atoms with Crippen LogP contribution in [-0.2, 0) is 9.13 Å². The van der Waals surface area contributed by atoms with Crippen molar-refractivity contribution in [2.24, 2.45) is 0 Å². The van der Waals surface area contributed by atoms with Gasteiger partial charge in [0.2, 0.25) is 0 Å². The van der Waals surface area contributed by atoms with Crippen LogP contribution >= 0.6 is 17.6 Å². The molecule has 0 bridgehead atoms. The minimum absolute atomic E-state index is 0. The van der Waals surface area contributed by atoms with Gasteiger partial charge in [-0.05, 0) is 0 Å². The Morgan fingerprint density at radius 1 is 1.30 bits per heavy atom. The highest BCUT2D eigenvalue weighted by Crippen LogP contribution is 2.13. The molecule has 0 aliphatic rings. The topological polar surface area (TPSA) is 94.8 Å². The Kier molecular flexibility index (Phi) is 7.65. The molecule has 0 aromatic heterocycles. The van der Waals surface area contributed by atoms with Gasteiger partial charge in [-0.25, -0.2) is 9.13 Å². The monoisotopic (exact) mass is 188 g/mol. The molecule has 3 atom stereocenters. The highest BCUT2D eigenvalue weighted by molar-refractivity contribution is 7.31. The van der Waals surface area contributed by atoms with Crippen LogP contribution in [0.5, 0.6) is 0 Å². The number of aliphatic hydroxyl groups is 3. The van der Waals surface area contributed by atoms with Crippen molar-refractivity contribution in [1.29, 1.82) is 0 Å². The SMILES string of the molecule is O=P(=O)C(O)C(O)CO.P. The maximum atomic E-state index is 9.82. The molecule has 0 aliphatic carbocycles. The first-order chi connectivity index (χ1) is 4.09. The van der Waals surface area contributed by atoms with Gasteiger partial charge in [0.25, 0.3) is 0 Å². The maximum Gasteiger partial charge on any atom is 0.347 e. The molecule has 0 aromatic carbocycles. The lowest BCUT2D eigenvalue weighted by molar-refractivity contribution is 0.0234. The second-order valence-electron chi connectivity index (χ2n) is 1.45. The third kappa shape index (κ3) is 4.09. The first-order valence-electron chi connectivity index (χ1n) is 2.20. The largest absolute Gasteiger partial charge is 0.394 e. The Morgan fingerprint density at radius 3 is 1.80 bits per heavy atom. The van der Waals surface area contributed by atoms with E-state index in [1.54, 1.807) is 0 Å². The van der Waals surface area contributed by atoms with Crippen molar-refractivity contribution >= 4 is 17.6 Å². The second-order valence-corrected chi connectivity index (χ2v) is 2.55. The molecule has 0 saturated carbocycles. The minimum atomic E-state index is -3.06. The zero-order chi connectivity index (χ0) is 7.44. The van der Waals surface area contributed by atoms with E-state index in [0.29, 0.717) is 0 Å². The third-order valence-corrected chi connectivity index (χ3v) is 1.52. The molecule has 5 nitrogen and oxygen atoms in total. The summed E-state index contributed by atoms with van der Waals surface area (Å²) in [6.45, 7) is -0.759. The molecule has 7 heteroatoms. The van der Waals surface area contributed by atoms with Gasteiger partial charge in [-0.1, -0.05) is 0 Å². The fourth-order valence-electron chi connectivity index (χ4n) is 0.235. The van der Waals surface area contributed by atoms with Gasteiger partial charge in [0.15, 0.2) is 5.85 Å². The molecule has 0 aliphatic heterocycles. The highest BCUT2D eigenvalue weighted by Gasteiger charge is 2.19. The second kappa shape index (κ2) is 5.96. The molecular formula is C3H10O5P2. The quantitative estimate of drug-likeness (QED) is 0.488. The van der Waals surface area contributed by atoms with E-state index in [2.05, 4.69) is 0 Å². The van der Waals surface area contributed by atoms with Gasteiger partial charge in [0.05, 0.1) is 6.61 Å². The van der Waals surface area contributed by atoms with E-state index in [1.165, 1.54) is 0 Å². The van der Waals surface area contributed by atoms with E-state index in [4.69, 9.17) is 15.3 Å². The number of hydrogen-bond donors (Lipinski definition) is 3. The van der Waals surface area contributed by atoms with Gasteiger partial charge in [0, 0.05) is 0 Å². The van der Waals surface area contributed by atoms with E-state index in [9.17, 15) is 9.13 Å². The molecule has 0 heterocycles. The van der Waals surface area contributed by atoms with Crippen LogP contribution in [-0.4, -0.2) is 33.9 Å². The number of aliphatic hydroxyl groups excluding tert-OH is 3. The Bertz CT molecular complexity index is 136. The molecular weight excluding hydrogens is 178 g/mol. The predicted octanol–water partition coefficient (Wildman–Crippen LogP) is -1.11. The standard InChI is InChI=1S/C3H7O5P.H3P/c4-1-2(5)3(6)9(7)8;/h2-6H,1H2;1H3. The number of rotatable bonds is 3. The Labute approximate surface area is 61.5 Å². The van der Waals surface area contributed by atoms with Crippen LogP contribution < -0.4 is 0 Å². The van der Waals surface area contributed by atoms with Crippen molar-refractivity contribution in [3.63, 3.8) is 0 Å². The van der Waals surface area contributed by atoms with Crippen LogP contribution in [0.3, 0.4) is 0 Å².